The summed E-state index contributed by atoms with van der Waals surface area (Å²) in [6.07, 6.45) is 11.7. The highest BCUT2D eigenvalue weighted by atomic mass is 16.4. The highest BCUT2D eigenvalue weighted by Gasteiger charge is 2.15. The summed E-state index contributed by atoms with van der Waals surface area (Å²) in [4.78, 5) is 41.9. The summed E-state index contributed by atoms with van der Waals surface area (Å²) in [5.74, 6) is -1.08. The fraction of sp³-hybridized carbons (Fsp3) is 0.515. The Morgan fingerprint density at radius 1 is 0.930 bits per heavy atom. The number of hydrogen-bond acceptors (Lipinski definition) is 7. The summed E-state index contributed by atoms with van der Waals surface area (Å²) in [5, 5.41) is 19.5. The van der Waals surface area contributed by atoms with Crippen molar-refractivity contribution in [2.75, 3.05) is 18.4 Å². The first-order valence-electron chi connectivity index (χ1n) is 15.2. The number of nitrogens with two attached hydrogens (primary N) is 3. The van der Waals surface area contributed by atoms with Gasteiger partial charge in [0.15, 0.2) is 0 Å². The van der Waals surface area contributed by atoms with Crippen molar-refractivity contribution in [2.24, 2.45) is 23.1 Å². The average molecular weight is 601 g/mol. The van der Waals surface area contributed by atoms with Gasteiger partial charge in [-0.25, -0.2) is 0 Å². The van der Waals surface area contributed by atoms with E-state index in [1.165, 1.54) is 24.8 Å². The van der Waals surface area contributed by atoms with Gasteiger partial charge in [-0.3, -0.25) is 19.2 Å². The highest BCUT2D eigenvalue weighted by Crippen LogP contribution is 2.25. The number of carbonyl (C=O) groups is 4. The van der Waals surface area contributed by atoms with Gasteiger partial charge < -0.3 is 32.7 Å². The quantitative estimate of drug-likeness (QED) is 0.135. The lowest BCUT2D eigenvalue weighted by molar-refractivity contribution is -0.139. The van der Waals surface area contributed by atoms with Crippen LogP contribution in [0.4, 0.5) is 5.69 Å². The highest BCUT2D eigenvalue weighted by molar-refractivity contribution is 5.91. The SMILES string of the molecule is CCCC(=O)Nc1ccc(C=O)cc1.NCCCC[C@H](N)C(=O)O.NCCc1ccccc1.O=C(O)CC1CCCCC1. The Hall–Kier alpha value is -3.60. The molecule has 0 heterocycles. The molecule has 0 unspecified atom stereocenters. The summed E-state index contributed by atoms with van der Waals surface area (Å²) < 4.78 is 0. The summed E-state index contributed by atoms with van der Waals surface area (Å²) in [6, 6.07) is 16.3. The van der Waals surface area contributed by atoms with Gasteiger partial charge in [-0.1, -0.05) is 62.9 Å². The lowest BCUT2D eigenvalue weighted by Crippen LogP contribution is -2.29. The number of rotatable bonds is 13. The number of aldehydes is 1. The van der Waals surface area contributed by atoms with Gasteiger partial charge in [-0.2, -0.15) is 0 Å². The van der Waals surface area contributed by atoms with Gasteiger partial charge in [-0.15, -0.1) is 0 Å². The Morgan fingerprint density at radius 3 is 2.05 bits per heavy atom. The first-order valence-corrected chi connectivity index (χ1v) is 15.2. The Bertz CT molecular complexity index is 1010. The van der Waals surface area contributed by atoms with Crippen LogP contribution in [0, 0.1) is 5.92 Å². The fourth-order valence-corrected chi connectivity index (χ4v) is 4.18. The smallest absolute Gasteiger partial charge is 0.320 e. The molecule has 0 saturated heterocycles. The van der Waals surface area contributed by atoms with Gasteiger partial charge in [0.2, 0.25) is 5.91 Å². The lowest BCUT2D eigenvalue weighted by atomic mass is 9.87. The van der Waals surface area contributed by atoms with Crippen molar-refractivity contribution >= 4 is 29.8 Å². The van der Waals surface area contributed by atoms with Crippen molar-refractivity contribution in [3.05, 3.63) is 65.7 Å². The first kappa shape index (κ1) is 39.4. The summed E-state index contributed by atoms with van der Waals surface area (Å²) in [7, 11) is 0. The minimum Gasteiger partial charge on any atom is -0.481 e. The Morgan fingerprint density at radius 2 is 1.56 bits per heavy atom. The number of carboxylic acid groups (broad SMARTS) is 2. The van der Waals surface area contributed by atoms with E-state index in [2.05, 4.69) is 17.4 Å². The standard InChI is InChI=1S/C11H13NO2.C8H11N.C8H14O2.C6H14N2O2/c1-2-3-11(14)12-10-6-4-9(8-13)5-7-10;9-7-6-8-4-2-1-3-5-8;9-8(10)6-7-4-2-1-3-5-7;7-4-2-1-3-5(8)6(9)10/h4-8H,2-3H2,1H3,(H,12,14);1-5H,6-7,9H2;7H,1-6H2,(H,9,10);5H,1-4,7-8H2,(H,9,10)/t;;;5-/m...0/s1. The molecule has 0 spiro atoms. The third kappa shape index (κ3) is 22.6. The number of carboxylic acids is 2. The Labute approximate surface area is 256 Å². The average Bonchev–Trinajstić information content (AvgIpc) is 3.00. The second kappa shape index (κ2) is 26.1. The molecule has 1 fully saturated rings. The van der Waals surface area contributed by atoms with Crippen LogP contribution in [0.5, 0.6) is 0 Å². The maximum atomic E-state index is 11.2. The van der Waals surface area contributed by atoms with Crippen molar-refractivity contribution in [3.8, 4) is 0 Å². The van der Waals surface area contributed by atoms with Crippen LogP contribution in [0.25, 0.3) is 0 Å². The van der Waals surface area contributed by atoms with Crippen LogP contribution in [-0.4, -0.2) is 53.5 Å². The lowest BCUT2D eigenvalue weighted by Gasteiger charge is -2.18. The third-order valence-corrected chi connectivity index (χ3v) is 6.56. The maximum absolute atomic E-state index is 11.2. The van der Waals surface area contributed by atoms with Crippen molar-refractivity contribution in [2.45, 2.75) is 90.0 Å². The van der Waals surface area contributed by atoms with Crippen molar-refractivity contribution in [1.29, 1.82) is 0 Å². The number of anilines is 1. The summed E-state index contributed by atoms with van der Waals surface area (Å²) in [6.45, 7) is 3.30. The normalized spacial score (nSPS) is 12.9. The number of carbonyl (C=O) groups excluding carboxylic acids is 2. The minimum atomic E-state index is -0.933. The van der Waals surface area contributed by atoms with Crippen LogP contribution in [0.1, 0.15) is 93.5 Å². The van der Waals surface area contributed by atoms with E-state index in [0.29, 0.717) is 37.3 Å². The number of benzene rings is 2. The molecule has 0 bridgehead atoms. The van der Waals surface area contributed by atoms with E-state index in [-0.39, 0.29) is 5.91 Å². The van der Waals surface area contributed by atoms with Gasteiger partial charge in [0.1, 0.15) is 12.3 Å². The second-order valence-corrected chi connectivity index (χ2v) is 10.4. The second-order valence-electron chi connectivity index (χ2n) is 10.4. The van der Waals surface area contributed by atoms with Crippen LogP contribution in [0.2, 0.25) is 0 Å². The molecule has 1 atom stereocenters. The van der Waals surface area contributed by atoms with Crippen LogP contribution in [-0.2, 0) is 20.8 Å². The Kier molecular flexibility index (Phi) is 23.9. The van der Waals surface area contributed by atoms with Gasteiger partial charge >= 0.3 is 11.9 Å². The molecule has 2 aromatic rings. The summed E-state index contributed by atoms with van der Waals surface area (Å²) in [5.41, 5.74) is 18.4. The van der Waals surface area contributed by atoms with E-state index in [9.17, 15) is 19.2 Å². The van der Waals surface area contributed by atoms with E-state index < -0.39 is 18.0 Å². The number of aliphatic carboxylic acids is 2. The molecule has 0 aliphatic heterocycles. The van der Waals surface area contributed by atoms with Gasteiger partial charge in [-0.05, 0) is 87.4 Å². The number of hydrogen-bond donors (Lipinski definition) is 6. The Balaban J connectivity index is 0.000000556. The van der Waals surface area contributed by atoms with Crippen molar-refractivity contribution < 1.29 is 29.4 Å². The van der Waals surface area contributed by atoms with Crippen LogP contribution < -0.4 is 22.5 Å². The zero-order valence-electron chi connectivity index (χ0n) is 25.6. The zero-order chi connectivity index (χ0) is 32.3. The van der Waals surface area contributed by atoms with Crippen LogP contribution >= 0.6 is 0 Å². The predicted octanol–water partition coefficient (Wildman–Crippen LogP) is 4.99. The minimum absolute atomic E-state index is 0.00588. The molecule has 10 nitrogen and oxygen atoms in total. The van der Waals surface area contributed by atoms with E-state index >= 15 is 0 Å². The molecule has 10 heteroatoms. The monoisotopic (exact) mass is 600 g/mol. The molecule has 3 rings (SSSR count). The van der Waals surface area contributed by atoms with Crippen molar-refractivity contribution in [1.82, 2.24) is 0 Å². The zero-order valence-corrected chi connectivity index (χ0v) is 25.6. The first-order chi connectivity index (χ1) is 20.7. The van der Waals surface area contributed by atoms with Crippen molar-refractivity contribution in [3.63, 3.8) is 0 Å². The van der Waals surface area contributed by atoms with E-state index in [1.54, 1.807) is 24.3 Å². The van der Waals surface area contributed by atoms with Gasteiger partial charge in [0.25, 0.3) is 0 Å². The van der Waals surface area contributed by atoms with Crippen LogP contribution in [0.3, 0.4) is 0 Å². The van der Waals surface area contributed by atoms with Crippen LogP contribution in [0.15, 0.2) is 54.6 Å². The van der Waals surface area contributed by atoms with Gasteiger partial charge in [0, 0.05) is 24.1 Å². The molecule has 0 aromatic heterocycles. The molecule has 1 aliphatic carbocycles. The van der Waals surface area contributed by atoms with E-state index in [0.717, 1.165) is 57.0 Å². The molecular formula is C33H52N4O6. The molecule has 2 aromatic carbocycles. The molecular weight excluding hydrogens is 548 g/mol. The molecule has 1 aliphatic rings. The predicted molar refractivity (Wildman–Crippen MR) is 172 cm³/mol. The molecule has 43 heavy (non-hydrogen) atoms. The fourth-order valence-electron chi connectivity index (χ4n) is 4.18. The number of unbranched alkanes of at least 4 members (excludes halogenated alkanes) is 1. The van der Waals surface area contributed by atoms with E-state index in [4.69, 9.17) is 27.4 Å². The maximum Gasteiger partial charge on any atom is 0.320 e. The molecule has 1 saturated carbocycles. The topological polar surface area (TPSA) is 199 Å². The molecule has 9 N–H and O–H groups in total. The third-order valence-electron chi connectivity index (χ3n) is 6.56. The molecule has 1 amide bonds. The molecule has 0 radical (unpaired) electrons. The summed E-state index contributed by atoms with van der Waals surface area (Å²) >= 11 is 0. The number of nitrogens with one attached hydrogen (secondary N) is 1. The number of amides is 1. The van der Waals surface area contributed by atoms with Gasteiger partial charge in [0.05, 0.1) is 0 Å². The largest absolute Gasteiger partial charge is 0.481 e. The van der Waals surface area contributed by atoms with E-state index in [1.807, 2.05) is 25.1 Å². The molecule has 240 valence electrons.